The molecule has 1 aromatic heterocycles. The largest absolute Gasteiger partial charge is 0.208 e. The molecule has 0 aliphatic heterocycles. The van der Waals surface area contributed by atoms with Crippen molar-refractivity contribution in [3.05, 3.63) is 164 Å². The first-order valence-corrected chi connectivity index (χ1v) is 15.5. The van der Waals surface area contributed by atoms with Crippen LogP contribution in [0, 0.1) is 0 Å². The number of rotatable bonds is 4. The maximum atomic E-state index is 5.13. The average Bonchev–Trinajstić information content (AvgIpc) is 3.13. The van der Waals surface area contributed by atoms with Gasteiger partial charge in [-0.15, -0.1) is 0 Å². The third kappa shape index (κ3) is 4.58. The van der Waals surface area contributed by atoms with Gasteiger partial charge in [-0.2, -0.15) is 0 Å². The summed E-state index contributed by atoms with van der Waals surface area (Å²) >= 11 is 0. The molecular weight excluding hydrogens is 558 g/mol. The normalized spacial score (nSPS) is 11.5. The number of benzene rings is 8. The van der Waals surface area contributed by atoms with E-state index in [1.807, 2.05) is 18.2 Å². The third-order valence-electron chi connectivity index (χ3n) is 8.85. The third-order valence-corrected chi connectivity index (χ3v) is 8.85. The molecule has 1 heterocycles. The van der Waals surface area contributed by atoms with Gasteiger partial charge in [0, 0.05) is 16.7 Å². The van der Waals surface area contributed by atoms with E-state index in [4.69, 9.17) is 15.0 Å². The van der Waals surface area contributed by atoms with E-state index in [1.165, 1.54) is 38.1 Å². The van der Waals surface area contributed by atoms with Crippen LogP contribution in [0.5, 0.6) is 0 Å². The van der Waals surface area contributed by atoms with E-state index in [0.717, 1.165) is 32.8 Å². The van der Waals surface area contributed by atoms with Crippen LogP contribution >= 0.6 is 0 Å². The van der Waals surface area contributed by atoms with Gasteiger partial charge in [-0.3, -0.25) is 0 Å². The second kappa shape index (κ2) is 10.8. The molecule has 9 rings (SSSR count). The highest BCUT2D eigenvalue weighted by Gasteiger charge is 2.15. The number of hydrogen-bond donors (Lipinski definition) is 0. The quantitative estimate of drug-likeness (QED) is 0.193. The van der Waals surface area contributed by atoms with Gasteiger partial charge in [0.2, 0.25) is 0 Å². The Bertz CT molecular complexity index is 2590. The molecule has 3 nitrogen and oxygen atoms in total. The fourth-order valence-electron chi connectivity index (χ4n) is 6.53. The van der Waals surface area contributed by atoms with Crippen LogP contribution in [0.2, 0.25) is 0 Å². The molecule has 46 heavy (non-hydrogen) atoms. The summed E-state index contributed by atoms with van der Waals surface area (Å²) in [6.07, 6.45) is 0. The molecule has 0 fully saturated rings. The SMILES string of the molecule is c1ccc(-c2nc(-c3ccc4c(-c5ccc6ccccc6c5)cccc4c3)nc(-c3cccc4cc5ccccc5cc34)n2)cc1. The molecule has 0 atom stereocenters. The van der Waals surface area contributed by atoms with E-state index in [2.05, 4.69) is 146 Å². The molecule has 0 aliphatic carbocycles. The van der Waals surface area contributed by atoms with Crippen LogP contribution in [0.15, 0.2) is 164 Å². The van der Waals surface area contributed by atoms with Crippen LogP contribution in [-0.4, -0.2) is 15.0 Å². The van der Waals surface area contributed by atoms with Gasteiger partial charge in [0.05, 0.1) is 0 Å². The summed E-state index contributed by atoms with van der Waals surface area (Å²) in [6, 6.07) is 57.7. The Morgan fingerprint density at radius 1 is 0.261 bits per heavy atom. The van der Waals surface area contributed by atoms with Crippen molar-refractivity contribution in [2.45, 2.75) is 0 Å². The van der Waals surface area contributed by atoms with Crippen molar-refractivity contribution in [3.63, 3.8) is 0 Å². The van der Waals surface area contributed by atoms with Crippen LogP contribution in [0.25, 0.3) is 88.4 Å². The molecule has 8 aromatic carbocycles. The highest BCUT2D eigenvalue weighted by molar-refractivity contribution is 6.04. The molecule has 0 N–H and O–H groups in total. The number of hydrogen-bond acceptors (Lipinski definition) is 3. The lowest BCUT2D eigenvalue weighted by molar-refractivity contribution is 1.08. The van der Waals surface area contributed by atoms with Crippen LogP contribution in [-0.2, 0) is 0 Å². The first kappa shape index (κ1) is 26.2. The van der Waals surface area contributed by atoms with Gasteiger partial charge >= 0.3 is 0 Å². The molecule has 0 saturated heterocycles. The highest BCUT2D eigenvalue weighted by Crippen LogP contribution is 2.35. The minimum absolute atomic E-state index is 0.652. The average molecular weight is 586 g/mol. The lowest BCUT2D eigenvalue weighted by atomic mass is 9.95. The van der Waals surface area contributed by atoms with Gasteiger partial charge < -0.3 is 0 Å². The molecule has 9 aromatic rings. The molecule has 0 aliphatic rings. The van der Waals surface area contributed by atoms with Crippen molar-refractivity contribution < 1.29 is 0 Å². The number of fused-ring (bicyclic) bond motifs is 4. The van der Waals surface area contributed by atoms with Crippen LogP contribution < -0.4 is 0 Å². The van der Waals surface area contributed by atoms with E-state index in [0.29, 0.717) is 17.5 Å². The minimum Gasteiger partial charge on any atom is -0.208 e. The molecule has 214 valence electrons. The minimum atomic E-state index is 0.652. The summed E-state index contributed by atoms with van der Waals surface area (Å²) in [6.45, 7) is 0. The summed E-state index contributed by atoms with van der Waals surface area (Å²) < 4.78 is 0. The number of aromatic nitrogens is 3. The fourth-order valence-corrected chi connectivity index (χ4v) is 6.53. The van der Waals surface area contributed by atoms with E-state index < -0.39 is 0 Å². The number of nitrogens with zero attached hydrogens (tertiary/aromatic N) is 3. The van der Waals surface area contributed by atoms with Crippen molar-refractivity contribution in [2.75, 3.05) is 0 Å². The van der Waals surface area contributed by atoms with Crippen LogP contribution in [0.4, 0.5) is 0 Å². The summed E-state index contributed by atoms with van der Waals surface area (Å²) in [4.78, 5) is 15.2. The summed E-state index contributed by atoms with van der Waals surface area (Å²) in [5, 5.41) is 9.50. The van der Waals surface area contributed by atoms with E-state index in [9.17, 15) is 0 Å². The lowest BCUT2D eigenvalue weighted by Gasteiger charge is -2.12. The molecule has 0 bridgehead atoms. The molecule has 3 heteroatoms. The lowest BCUT2D eigenvalue weighted by Crippen LogP contribution is -2.00. The van der Waals surface area contributed by atoms with Gasteiger partial charge in [0.15, 0.2) is 17.5 Å². The molecule has 0 radical (unpaired) electrons. The van der Waals surface area contributed by atoms with Gasteiger partial charge in [-0.1, -0.05) is 140 Å². The molecular formula is C43H27N3. The Morgan fingerprint density at radius 2 is 0.804 bits per heavy atom. The zero-order valence-corrected chi connectivity index (χ0v) is 24.9. The van der Waals surface area contributed by atoms with Crippen LogP contribution in [0.3, 0.4) is 0 Å². The highest BCUT2D eigenvalue weighted by atomic mass is 15.0. The van der Waals surface area contributed by atoms with E-state index in [-0.39, 0.29) is 0 Å². The van der Waals surface area contributed by atoms with Gasteiger partial charge in [-0.05, 0) is 78.5 Å². The van der Waals surface area contributed by atoms with Crippen molar-refractivity contribution >= 4 is 43.1 Å². The molecule has 0 saturated carbocycles. The second-order valence-electron chi connectivity index (χ2n) is 11.7. The van der Waals surface area contributed by atoms with E-state index in [1.54, 1.807) is 0 Å². The van der Waals surface area contributed by atoms with Crippen molar-refractivity contribution in [3.8, 4) is 45.3 Å². The molecule has 0 amide bonds. The summed E-state index contributed by atoms with van der Waals surface area (Å²) in [5.74, 6) is 1.97. The summed E-state index contributed by atoms with van der Waals surface area (Å²) in [7, 11) is 0. The predicted molar refractivity (Wildman–Crippen MR) is 192 cm³/mol. The zero-order chi connectivity index (χ0) is 30.5. The molecule has 0 spiro atoms. The van der Waals surface area contributed by atoms with Crippen molar-refractivity contribution in [1.82, 2.24) is 15.0 Å². The monoisotopic (exact) mass is 585 g/mol. The second-order valence-corrected chi connectivity index (χ2v) is 11.7. The van der Waals surface area contributed by atoms with Crippen LogP contribution in [0.1, 0.15) is 0 Å². The zero-order valence-electron chi connectivity index (χ0n) is 24.9. The Balaban J connectivity index is 1.22. The fraction of sp³-hybridized carbons (Fsp3) is 0. The van der Waals surface area contributed by atoms with Gasteiger partial charge in [-0.25, -0.2) is 15.0 Å². The van der Waals surface area contributed by atoms with Gasteiger partial charge in [0.25, 0.3) is 0 Å². The maximum absolute atomic E-state index is 5.13. The Hall–Kier alpha value is -6.19. The standard InChI is InChI=1S/C43H27N3/c1-2-11-29(12-3-1)41-44-42(46-43(45-41)39-19-9-17-34-25-31-14-6-7-15-32(31)27-40(34)39)36-22-23-38-33(26-36)16-8-18-37(38)35-21-20-28-10-4-5-13-30(28)24-35/h1-27H. The topological polar surface area (TPSA) is 38.7 Å². The Labute approximate surface area is 266 Å². The van der Waals surface area contributed by atoms with Gasteiger partial charge in [0.1, 0.15) is 0 Å². The predicted octanol–water partition coefficient (Wildman–Crippen LogP) is 11.2. The van der Waals surface area contributed by atoms with Crippen molar-refractivity contribution in [2.24, 2.45) is 0 Å². The molecule has 0 unspecified atom stereocenters. The van der Waals surface area contributed by atoms with E-state index >= 15 is 0 Å². The summed E-state index contributed by atoms with van der Waals surface area (Å²) in [5.41, 5.74) is 5.31. The smallest absolute Gasteiger partial charge is 0.164 e. The maximum Gasteiger partial charge on any atom is 0.164 e. The Morgan fingerprint density at radius 3 is 1.59 bits per heavy atom. The Kier molecular flexibility index (Phi) is 6.14. The first-order chi connectivity index (χ1) is 22.8. The van der Waals surface area contributed by atoms with Crippen molar-refractivity contribution in [1.29, 1.82) is 0 Å². The first-order valence-electron chi connectivity index (χ1n) is 15.5.